The Kier molecular flexibility index (Phi) is 12.6. The molecule has 1 aromatic rings. The third-order valence-electron chi connectivity index (χ3n) is 9.37. The number of rotatable bonds is 12. The summed E-state index contributed by atoms with van der Waals surface area (Å²) in [5.74, 6) is 0.121. The zero-order chi connectivity index (χ0) is 33.0. The highest BCUT2D eigenvalue weighted by Gasteiger charge is 2.53. The highest BCUT2D eigenvalue weighted by atomic mass is 16.8. The molecule has 16 nitrogen and oxygen atoms in total. The lowest BCUT2D eigenvalue weighted by molar-refractivity contribution is -0.288. The topological polar surface area (TPSA) is 278 Å². The van der Waals surface area contributed by atoms with Gasteiger partial charge >= 0.3 is 0 Å². The van der Waals surface area contributed by atoms with E-state index in [2.05, 4.69) is 5.32 Å². The molecule has 1 aliphatic carbocycles. The Bertz CT molecular complexity index is 1100. The van der Waals surface area contributed by atoms with Gasteiger partial charge < -0.3 is 82.8 Å². The van der Waals surface area contributed by atoms with E-state index in [1.54, 1.807) is 18.2 Å². The Hall–Kier alpha value is -1.58. The number of aliphatic hydroxyl groups excluding tert-OH is 3. The molecule has 15 N–H and O–H groups in total. The van der Waals surface area contributed by atoms with Crippen molar-refractivity contribution in [2.45, 2.75) is 131 Å². The quantitative estimate of drug-likeness (QED) is 0.106. The molecule has 262 valence electrons. The first-order valence-electron chi connectivity index (χ1n) is 16.2. The minimum absolute atomic E-state index is 0.121. The van der Waals surface area contributed by atoms with Crippen molar-refractivity contribution < 1.29 is 48.8 Å². The molecule has 0 aromatic heterocycles. The van der Waals surface area contributed by atoms with Crippen LogP contribution in [0.25, 0.3) is 0 Å². The maximum absolute atomic E-state index is 11.7. The Labute approximate surface area is 268 Å². The van der Waals surface area contributed by atoms with E-state index in [9.17, 15) is 20.4 Å². The predicted octanol–water partition coefficient (Wildman–Crippen LogP) is -3.24. The van der Waals surface area contributed by atoms with Crippen LogP contribution in [0.1, 0.15) is 37.7 Å². The fraction of sp³-hybridized carbons (Fsp3) is 0.800. The first-order valence-corrected chi connectivity index (χ1v) is 16.2. The number of phenols is 1. The zero-order valence-electron chi connectivity index (χ0n) is 26.0. The van der Waals surface area contributed by atoms with E-state index in [1.165, 1.54) is 0 Å². The van der Waals surface area contributed by atoms with Crippen LogP contribution >= 0.6 is 0 Å². The Morgan fingerprint density at radius 2 is 1.37 bits per heavy atom. The lowest BCUT2D eigenvalue weighted by Gasteiger charge is -2.46. The second kappa shape index (κ2) is 16.2. The minimum atomic E-state index is -1.40. The fourth-order valence-corrected chi connectivity index (χ4v) is 6.65. The highest BCUT2D eigenvalue weighted by Crippen LogP contribution is 2.34. The van der Waals surface area contributed by atoms with Crippen LogP contribution in [-0.4, -0.2) is 132 Å². The normalized spacial score (nSPS) is 43.5. The Morgan fingerprint density at radius 1 is 0.761 bits per heavy atom. The van der Waals surface area contributed by atoms with Crippen molar-refractivity contribution in [3.8, 4) is 5.75 Å². The summed E-state index contributed by atoms with van der Waals surface area (Å²) >= 11 is 0. The zero-order valence-corrected chi connectivity index (χ0v) is 26.0. The number of hydrogen-bond donors (Lipinski definition) is 10. The van der Waals surface area contributed by atoms with Crippen LogP contribution in [0, 0.1) is 0 Å². The summed E-state index contributed by atoms with van der Waals surface area (Å²) in [4.78, 5) is 0. The van der Waals surface area contributed by atoms with Gasteiger partial charge in [0.25, 0.3) is 0 Å². The maximum Gasteiger partial charge on any atom is 0.187 e. The SMILES string of the molecule is NCC1CCC(N)C(OC2C(CO)OC(OC3C(O)C(NCc4cccc(O)c4)CC(N)C3OC3OC(CN)CCC3N)C2O)O1. The molecule has 4 fully saturated rings. The number of aliphatic hydroxyl groups is 3. The molecule has 5 rings (SSSR count). The van der Waals surface area contributed by atoms with Gasteiger partial charge in [0.1, 0.15) is 36.3 Å². The van der Waals surface area contributed by atoms with Crippen molar-refractivity contribution in [1.82, 2.24) is 5.32 Å². The monoisotopic (exact) mass is 656 g/mol. The molecule has 46 heavy (non-hydrogen) atoms. The summed E-state index contributed by atoms with van der Waals surface area (Å²) < 4.78 is 36.5. The smallest absolute Gasteiger partial charge is 0.187 e. The third-order valence-corrected chi connectivity index (χ3v) is 9.37. The van der Waals surface area contributed by atoms with Crippen molar-refractivity contribution >= 4 is 0 Å². The van der Waals surface area contributed by atoms with E-state index in [4.69, 9.17) is 57.1 Å². The van der Waals surface area contributed by atoms with Crippen LogP contribution in [0.2, 0.25) is 0 Å². The van der Waals surface area contributed by atoms with Crippen molar-refractivity contribution in [3.63, 3.8) is 0 Å². The number of nitrogens with two attached hydrogens (primary N) is 5. The lowest BCUT2D eigenvalue weighted by Crippen LogP contribution is -2.66. The molecule has 0 spiro atoms. The fourth-order valence-electron chi connectivity index (χ4n) is 6.65. The Morgan fingerprint density at radius 3 is 1.96 bits per heavy atom. The molecule has 0 bridgehead atoms. The summed E-state index contributed by atoms with van der Waals surface area (Å²) in [7, 11) is 0. The van der Waals surface area contributed by atoms with Gasteiger partial charge in [-0.15, -0.1) is 0 Å². The van der Waals surface area contributed by atoms with Crippen molar-refractivity contribution in [2.75, 3.05) is 19.7 Å². The minimum Gasteiger partial charge on any atom is -0.508 e. The van der Waals surface area contributed by atoms with Gasteiger partial charge in [0, 0.05) is 31.7 Å². The summed E-state index contributed by atoms with van der Waals surface area (Å²) in [5, 5.41) is 46.4. The molecular weight excluding hydrogens is 604 g/mol. The van der Waals surface area contributed by atoms with Crippen LogP contribution in [0.5, 0.6) is 5.75 Å². The van der Waals surface area contributed by atoms with Gasteiger partial charge in [-0.3, -0.25) is 0 Å². The van der Waals surface area contributed by atoms with Gasteiger partial charge in [0.15, 0.2) is 18.9 Å². The van der Waals surface area contributed by atoms with Crippen LogP contribution in [0.4, 0.5) is 0 Å². The van der Waals surface area contributed by atoms with Crippen LogP contribution in [0.3, 0.4) is 0 Å². The summed E-state index contributed by atoms with van der Waals surface area (Å²) in [5.41, 5.74) is 31.7. The number of nitrogens with one attached hydrogen (secondary N) is 1. The molecule has 0 radical (unpaired) electrons. The Balaban J connectivity index is 1.33. The largest absolute Gasteiger partial charge is 0.508 e. The van der Waals surface area contributed by atoms with Crippen molar-refractivity contribution in [1.29, 1.82) is 0 Å². The molecule has 1 saturated carbocycles. The van der Waals surface area contributed by atoms with Crippen LogP contribution < -0.4 is 34.0 Å². The molecule has 3 saturated heterocycles. The van der Waals surface area contributed by atoms with Gasteiger partial charge in [0.2, 0.25) is 0 Å². The van der Waals surface area contributed by atoms with Crippen LogP contribution in [-0.2, 0) is 35.0 Å². The molecule has 15 unspecified atom stereocenters. The molecule has 15 atom stereocenters. The van der Waals surface area contributed by atoms with Crippen molar-refractivity contribution in [2.24, 2.45) is 28.7 Å². The van der Waals surface area contributed by atoms with Gasteiger partial charge in [-0.05, 0) is 49.8 Å². The van der Waals surface area contributed by atoms with Gasteiger partial charge in [0.05, 0.1) is 37.0 Å². The van der Waals surface area contributed by atoms with E-state index in [1.807, 2.05) is 6.07 Å². The molecule has 1 aromatic carbocycles. The predicted molar refractivity (Wildman–Crippen MR) is 164 cm³/mol. The van der Waals surface area contributed by atoms with Gasteiger partial charge in [-0.2, -0.15) is 0 Å². The van der Waals surface area contributed by atoms with E-state index < -0.39 is 86.3 Å². The molecule has 4 aliphatic rings. The van der Waals surface area contributed by atoms with E-state index >= 15 is 0 Å². The molecule has 16 heteroatoms. The number of hydrogen-bond acceptors (Lipinski definition) is 16. The average Bonchev–Trinajstić information content (AvgIpc) is 3.34. The molecule has 3 heterocycles. The number of phenolic OH excluding ortho intramolecular Hbond substituents is 1. The summed E-state index contributed by atoms with van der Waals surface area (Å²) in [6.07, 6.45) is -7.38. The second-order valence-electron chi connectivity index (χ2n) is 12.8. The summed E-state index contributed by atoms with van der Waals surface area (Å²) in [6.45, 7) is 0.412. The van der Waals surface area contributed by atoms with E-state index in [0.717, 1.165) is 5.56 Å². The standard InChI is InChI=1S/C30H52N6O10/c31-10-16-4-6-18(33)28(41-16)44-25-20(35)9-21(36-12-14-2-1-3-15(38)8-14)23(39)27(25)46-30-24(40)26(22(13-37)43-30)45-29-19(34)7-5-17(11-32)42-29/h1-3,8,16-30,36-40H,4-7,9-13,31-35H2. The van der Waals surface area contributed by atoms with Gasteiger partial charge in [-0.25, -0.2) is 0 Å². The van der Waals surface area contributed by atoms with Crippen molar-refractivity contribution in [3.05, 3.63) is 29.8 Å². The molecule has 3 aliphatic heterocycles. The van der Waals surface area contributed by atoms with Gasteiger partial charge in [-0.1, -0.05) is 12.1 Å². The summed E-state index contributed by atoms with van der Waals surface area (Å²) in [6, 6.07) is 4.59. The number of ether oxygens (including phenoxy) is 6. The third kappa shape index (κ3) is 8.34. The molecule has 0 amide bonds. The molecular formula is C30H52N6O10. The first-order chi connectivity index (χ1) is 22.1. The average molecular weight is 657 g/mol. The maximum atomic E-state index is 11.7. The van der Waals surface area contributed by atoms with E-state index in [0.29, 0.717) is 45.2 Å². The van der Waals surface area contributed by atoms with Crippen LogP contribution in [0.15, 0.2) is 24.3 Å². The number of benzene rings is 1. The second-order valence-corrected chi connectivity index (χ2v) is 12.8. The van der Waals surface area contributed by atoms with E-state index in [-0.39, 0.29) is 24.5 Å². The lowest BCUT2D eigenvalue weighted by atomic mass is 9.83. The highest BCUT2D eigenvalue weighted by molar-refractivity contribution is 5.27. The first kappa shape index (κ1) is 35.7. The number of aromatic hydroxyl groups is 1.